The third kappa shape index (κ3) is 0.410. The van der Waals surface area contributed by atoms with Gasteiger partial charge in [-0.1, -0.05) is 0 Å². The Bertz CT molecular complexity index is 120. The van der Waals surface area contributed by atoms with Crippen molar-refractivity contribution in [3.05, 3.63) is 12.4 Å². The van der Waals surface area contributed by atoms with Gasteiger partial charge >= 0.3 is 0 Å². The van der Waals surface area contributed by atoms with Gasteiger partial charge in [-0.3, -0.25) is 5.01 Å². The summed E-state index contributed by atoms with van der Waals surface area (Å²) in [6.07, 6.45) is 5.84. The molecule has 0 N–H and O–H groups in total. The lowest BCUT2D eigenvalue weighted by Crippen LogP contribution is -2.36. The van der Waals surface area contributed by atoms with E-state index < -0.39 is 0 Å². The SMILES string of the molecule is C1=CN2CCN1C=N2. The number of hydrazone groups is 1. The van der Waals surface area contributed by atoms with Gasteiger partial charge in [-0.2, -0.15) is 5.10 Å². The fourth-order valence-corrected chi connectivity index (χ4v) is 0.855. The Kier molecular flexibility index (Phi) is 0.614. The molecule has 3 rings (SSSR count). The van der Waals surface area contributed by atoms with Crippen molar-refractivity contribution in [1.29, 1.82) is 0 Å². The van der Waals surface area contributed by atoms with E-state index in [0.717, 1.165) is 13.1 Å². The minimum absolute atomic E-state index is 1.03. The average Bonchev–Trinajstić information content (AvgIpc) is 1.92. The lowest BCUT2D eigenvalue weighted by Gasteiger charge is -2.30. The number of hydrogen-bond donors (Lipinski definition) is 0. The Hall–Kier alpha value is -0.990. The van der Waals surface area contributed by atoms with Crippen molar-refractivity contribution in [2.75, 3.05) is 13.1 Å². The largest absolute Gasteiger partial charge is 0.334 e. The summed E-state index contributed by atoms with van der Waals surface area (Å²) < 4.78 is 0. The van der Waals surface area contributed by atoms with Crippen molar-refractivity contribution < 1.29 is 0 Å². The zero-order chi connectivity index (χ0) is 5.40. The minimum atomic E-state index is 1.03. The number of rotatable bonds is 0. The van der Waals surface area contributed by atoms with Crippen molar-refractivity contribution in [3.8, 4) is 0 Å². The Balaban J connectivity index is 2.31. The maximum Gasteiger partial charge on any atom is 0.116 e. The summed E-state index contributed by atoms with van der Waals surface area (Å²) in [6.45, 7) is 2.12. The van der Waals surface area contributed by atoms with E-state index >= 15 is 0 Å². The van der Waals surface area contributed by atoms with E-state index in [0.29, 0.717) is 0 Å². The van der Waals surface area contributed by atoms with Crippen LogP contribution in [0.5, 0.6) is 0 Å². The van der Waals surface area contributed by atoms with Gasteiger partial charge in [0.1, 0.15) is 6.34 Å². The summed E-state index contributed by atoms with van der Waals surface area (Å²) >= 11 is 0. The summed E-state index contributed by atoms with van der Waals surface area (Å²) in [6, 6.07) is 0. The molecule has 2 bridgehead atoms. The third-order valence-corrected chi connectivity index (χ3v) is 1.37. The van der Waals surface area contributed by atoms with Gasteiger partial charge in [-0.25, -0.2) is 0 Å². The smallest absolute Gasteiger partial charge is 0.116 e. The molecule has 3 heteroatoms. The van der Waals surface area contributed by atoms with Gasteiger partial charge in [-0.15, -0.1) is 0 Å². The van der Waals surface area contributed by atoms with Crippen molar-refractivity contribution >= 4 is 6.34 Å². The van der Waals surface area contributed by atoms with Crippen molar-refractivity contribution in [3.63, 3.8) is 0 Å². The number of fused-ring (bicyclic) bond motifs is 1. The lowest BCUT2D eigenvalue weighted by atomic mass is 10.4. The van der Waals surface area contributed by atoms with E-state index in [4.69, 9.17) is 0 Å². The second kappa shape index (κ2) is 1.24. The fraction of sp³-hybridized carbons (Fsp3) is 0.400. The van der Waals surface area contributed by atoms with Gasteiger partial charge < -0.3 is 4.90 Å². The first-order chi connectivity index (χ1) is 3.95. The van der Waals surface area contributed by atoms with Crippen molar-refractivity contribution in [2.45, 2.75) is 0 Å². The molecule has 3 nitrogen and oxygen atoms in total. The van der Waals surface area contributed by atoms with Crippen LogP contribution in [0.2, 0.25) is 0 Å². The van der Waals surface area contributed by atoms with Crippen LogP contribution in [-0.2, 0) is 0 Å². The summed E-state index contributed by atoms with van der Waals surface area (Å²) in [5.74, 6) is 0. The van der Waals surface area contributed by atoms with Crippen LogP contribution in [0.4, 0.5) is 0 Å². The molecular weight excluding hydrogens is 102 g/mol. The Labute approximate surface area is 47.9 Å². The van der Waals surface area contributed by atoms with Crippen LogP contribution in [0.3, 0.4) is 0 Å². The Morgan fingerprint density at radius 1 is 1.25 bits per heavy atom. The second-order valence-electron chi connectivity index (χ2n) is 1.93. The summed E-state index contributed by atoms with van der Waals surface area (Å²) in [7, 11) is 0. The van der Waals surface area contributed by atoms with Crippen LogP contribution >= 0.6 is 0 Å². The van der Waals surface area contributed by atoms with E-state index in [9.17, 15) is 0 Å². The van der Waals surface area contributed by atoms with Gasteiger partial charge in [0.25, 0.3) is 0 Å². The van der Waals surface area contributed by atoms with Gasteiger partial charge in [0.05, 0.1) is 6.54 Å². The molecule has 0 unspecified atom stereocenters. The summed E-state index contributed by atoms with van der Waals surface area (Å²) in [4.78, 5) is 2.07. The van der Waals surface area contributed by atoms with Gasteiger partial charge in [0.15, 0.2) is 0 Å². The molecular formula is C5H7N3. The molecule has 0 aromatic heterocycles. The molecule has 3 aliphatic heterocycles. The molecule has 3 heterocycles. The minimum Gasteiger partial charge on any atom is -0.334 e. The highest BCUT2D eigenvalue weighted by Crippen LogP contribution is 2.06. The number of nitrogens with zero attached hydrogens (tertiary/aromatic N) is 3. The quantitative estimate of drug-likeness (QED) is 0.437. The molecule has 0 saturated carbocycles. The van der Waals surface area contributed by atoms with Gasteiger partial charge in [0.2, 0.25) is 0 Å². The van der Waals surface area contributed by atoms with E-state index in [1.165, 1.54) is 0 Å². The number of hydrogen-bond acceptors (Lipinski definition) is 3. The fourth-order valence-electron chi connectivity index (χ4n) is 0.855. The first-order valence-corrected chi connectivity index (χ1v) is 2.70. The average molecular weight is 109 g/mol. The maximum absolute atomic E-state index is 4.05. The lowest BCUT2D eigenvalue weighted by molar-refractivity contribution is 0.297. The summed E-state index contributed by atoms with van der Waals surface area (Å²) in [5, 5.41) is 5.98. The first kappa shape index (κ1) is 3.95. The predicted molar refractivity (Wildman–Crippen MR) is 31.0 cm³/mol. The van der Waals surface area contributed by atoms with E-state index in [1.54, 1.807) is 0 Å². The van der Waals surface area contributed by atoms with Crippen LogP contribution in [0.1, 0.15) is 0 Å². The highest BCUT2D eigenvalue weighted by molar-refractivity contribution is 5.58. The molecule has 0 aromatic carbocycles. The molecule has 0 atom stereocenters. The van der Waals surface area contributed by atoms with Crippen LogP contribution in [0, 0.1) is 0 Å². The van der Waals surface area contributed by atoms with E-state index in [2.05, 4.69) is 10.0 Å². The predicted octanol–water partition coefficient (Wildman–Crippen LogP) is 0.0321. The standard InChI is InChI=1S/C5H7N3/c1-3-8-4-2-7(1)5-6-8/h1,3,5H,2,4H2. The van der Waals surface area contributed by atoms with Crippen LogP contribution in [0.15, 0.2) is 17.5 Å². The molecule has 0 spiro atoms. The topological polar surface area (TPSA) is 18.8 Å². The monoisotopic (exact) mass is 109 g/mol. The molecule has 0 aromatic rings. The maximum atomic E-state index is 4.05. The van der Waals surface area contributed by atoms with Crippen molar-refractivity contribution in [1.82, 2.24) is 9.91 Å². The third-order valence-electron chi connectivity index (χ3n) is 1.37. The molecule has 0 amide bonds. The molecule has 42 valence electrons. The van der Waals surface area contributed by atoms with Gasteiger partial charge in [-0.05, 0) is 0 Å². The molecule has 0 fully saturated rings. The first-order valence-electron chi connectivity index (χ1n) is 2.70. The van der Waals surface area contributed by atoms with E-state index in [-0.39, 0.29) is 0 Å². The van der Waals surface area contributed by atoms with Gasteiger partial charge in [0, 0.05) is 18.9 Å². The molecule has 0 aliphatic carbocycles. The second-order valence-corrected chi connectivity index (χ2v) is 1.93. The molecule has 0 radical (unpaired) electrons. The molecule has 3 aliphatic rings. The zero-order valence-corrected chi connectivity index (χ0v) is 4.49. The highest BCUT2D eigenvalue weighted by atomic mass is 15.5. The zero-order valence-electron chi connectivity index (χ0n) is 4.49. The Morgan fingerprint density at radius 2 is 2.25 bits per heavy atom. The van der Waals surface area contributed by atoms with Crippen molar-refractivity contribution in [2.24, 2.45) is 5.10 Å². The molecule has 0 saturated heterocycles. The Morgan fingerprint density at radius 3 is 2.38 bits per heavy atom. The van der Waals surface area contributed by atoms with E-state index in [1.807, 2.05) is 23.7 Å². The summed E-state index contributed by atoms with van der Waals surface area (Å²) in [5.41, 5.74) is 0. The normalized spacial score (nSPS) is 23.0. The highest BCUT2D eigenvalue weighted by Gasteiger charge is 2.10. The van der Waals surface area contributed by atoms with Crippen LogP contribution in [0.25, 0.3) is 0 Å². The van der Waals surface area contributed by atoms with Crippen LogP contribution < -0.4 is 0 Å². The molecule has 8 heavy (non-hydrogen) atoms. The van der Waals surface area contributed by atoms with Crippen LogP contribution in [-0.4, -0.2) is 29.3 Å².